The third-order valence-corrected chi connectivity index (χ3v) is 5.33. The number of hydrogen-bond donors (Lipinski definition) is 1. The quantitative estimate of drug-likeness (QED) is 0.420. The van der Waals surface area contributed by atoms with E-state index in [1.54, 1.807) is 24.3 Å². The number of halogens is 3. The Labute approximate surface area is 181 Å². The maximum Gasteiger partial charge on any atom is 0.416 e. The van der Waals surface area contributed by atoms with E-state index in [-0.39, 0.29) is 40.8 Å². The van der Waals surface area contributed by atoms with Crippen LogP contribution in [0.25, 0.3) is 27.9 Å². The Hall–Kier alpha value is -3.62. The minimum atomic E-state index is -4.54. The number of nitrogen functional groups attached to an aromatic ring is 1. The highest BCUT2D eigenvalue weighted by atomic mass is 19.4. The molecule has 2 aromatic carbocycles. The van der Waals surface area contributed by atoms with E-state index in [0.29, 0.717) is 11.0 Å². The first-order valence-corrected chi connectivity index (χ1v) is 10.1. The van der Waals surface area contributed by atoms with Gasteiger partial charge in [-0.05, 0) is 36.2 Å². The van der Waals surface area contributed by atoms with Gasteiger partial charge in [-0.2, -0.15) is 13.2 Å². The van der Waals surface area contributed by atoms with E-state index in [1.807, 2.05) is 13.8 Å². The lowest BCUT2D eigenvalue weighted by atomic mass is 10.1. The molecule has 0 aliphatic heterocycles. The Balaban J connectivity index is 1.96. The predicted octanol–water partition coefficient (Wildman–Crippen LogP) is 5.38. The van der Waals surface area contributed by atoms with Crippen molar-refractivity contribution in [2.24, 2.45) is 5.92 Å². The van der Waals surface area contributed by atoms with Crippen LogP contribution in [0.5, 0.6) is 0 Å². The molecule has 32 heavy (non-hydrogen) atoms. The SMILES string of the molecule is CC[C@@H](C)COC(=O)c1c(N)n(-c2cccc(C(F)(F)F)c2)c2nc3ccccc3nc12. The van der Waals surface area contributed by atoms with E-state index in [2.05, 4.69) is 9.97 Å². The van der Waals surface area contributed by atoms with Crippen LogP contribution < -0.4 is 5.73 Å². The van der Waals surface area contributed by atoms with Crippen LogP contribution in [0.2, 0.25) is 0 Å². The molecule has 2 aromatic heterocycles. The number of nitrogens with two attached hydrogens (primary N) is 1. The van der Waals surface area contributed by atoms with Crippen LogP contribution in [0.15, 0.2) is 48.5 Å². The molecule has 2 heterocycles. The molecule has 4 aromatic rings. The van der Waals surface area contributed by atoms with Gasteiger partial charge in [0.05, 0.1) is 23.2 Å². The van der Waals surface area contributed by atoms with Crippen LogP contribution >= 0.6 is 0 Å². The number of benzene rings is 2. The molecule has 2 N–H and O–H groups in total. The number of aromatic nitrogens is 3. The monoisotopic (exact) mass is 442 g/mol. The summed E-state index contributed by atoms with van der Waals surface area (Å²) in [5.74, 6) is -0.629. The first-order chi connectivity index (χ1) is 15.2. The van der Waals surface area contributed by atoms with Gasteiger partial charge < -0.3 is 10.5 Å². The molecule has 0 saturated heterocycles. The highest BCUT2D eigenvalue weighted by Gasteiger charge is 2.32. The van der Waals surface area contributed by atoms with Crippen LogP contribution in [-0.2, 0) is 10.9 Å². The number of esters is 1. The molecule has 9 heteroatoms. The van der Waals surface area contributed by atoms with E-state index in [1.165, 1.54) is 16.7 Å². The van der Waals surface area contributed by atoms with E-state index in [4.69, 9.17) is 10.5 Å². The molecular formula is C23H21F3N4O2. The van der Waals surface area contributed by atoms with Gasteiger partial charge in [-0.25, -0.2) is 14.8 Å². The van der Waals surface area contributed by atoms with Gasteiger partial charge in [-0.3, -0.25) is 4.57 Å². The van der Waals surface area contributed by atoms with Gasteiger partial charge in [-0.15, -0.1) is 0 Å². The number of carbonyl (C=O) groups is 1. The fourth-order valence-electron chi connectivity index (χ4n) is 3.35. The molecule has 1 atom stereocenters. The van der Waals surface area contributed by atoms with Crippen molar-refractivity contribution in [2.75, 3.05) is 12.3 Å². The summed E-state index contributed by atoms with van der Waals surface area (Å²) in [6.07, 6.45) is -3.72. The van der Waals surface area contributed by atoms with Crippen molar-refractivity contribution in [1.29, 1.82) is 0 Å². The number of rotatable bonds is 5. The Kier molecular flexibility index (Phi) is 5.50. The molecule has 6 nitrogen and oxygen atoms in total. The third kappa shape index (κ3) is 3.86. The van der Waals surface area contributed by atoms with Crippen molar-refractivity contribution in [2.45, 2.75) is 26.4 Å². The number of hydrogen-bond acceptors (Lipinski definition) is 5. The fourth-order valence-corrected chi connectivity index (χ4v) is 3.35. The third-order valence-electron chi connectivity index (χ3n) is 5.33. The summed E-state index contributed by atoms with van der Waals surface area (Å²) in [6, 6.07) is 11.7. The van der Waals surface area contributed by atoms with E-state index in [0.717, 1.165) is 18.6 Å². The van der Waals surface area contributed by atoms with Crippen LogP contribution in [0.1, 0.15) is 36.2 Å². The van der Waals surface area contributed by atoms with Gasteiger partial charge in [0.2, 0.25) is 0 Å². The van der Waals surface area contributed by atoms with Crippen LogP contribution in [0.4, 0.5) is 19.0 Å². The molecule has 0 radical (unpaired) electrons. The molecule has 0 aliphatic rings. The van der Waals surface area contributed by atoms with E-state index in [9.17, 15) is 18.0 Å². The fraction of sp³-hybridized carbons (Fsp3) is 0.261. The summed E-state index contributed by atoms with van der Waals surface area (Å²) < 4.78 is 46.7. The van der Waals surface area contributed by atoms with Gasteiger partial charge in [0.15, 0.2) is 5.65 Å². The zero-order valence-electron chi connectivity index (χ0n) is 17.5. The van der Waals surface area contributed by atoms with Gasteiger partial charge in [0.25, 0.3) is 0 Å². The first-order valence-electron chi connectivity index (χ1n) is 10.1. The van der Waals surface area contributed by atoms with E-state index >= 15 is 0 Å². The zero-order chi connectivity index (χ0) is 23.0. The second-order valence-electron chi connectivity index (χ2n) is 7.64. The summed E-state index contributed by atoms with van der Waals surface area (Å²) >= 11 is 0. The maximum atomic E-state index is 13.3. The number of nitrogens with zero attached hydrogens (tertiary/aromatic N) is 3. The van der Waals surface area contributed by atoms with Gasteiger partial charge >= 0.3 is 12.1 Å². The average Bonchev–Trinajstić information content (AvgIpc) is 3.05. The van der Waals surface area contributed by atoms with Gasteiger partial charge in [0, 0.05) is 5.69 Å². The number of para-hydroxylation sites is 2. The highest BCUT2D eigenvalue weighted by molar-refractivity contribution is 6.09. The van der Waals surface area contributed by atoms with Crippen molar-refractivity contribution in [3.05, 3.63) is 59.7 Å². The normalized spacial score (nSPS) is 12.9. The lowest BCUT2D eigenvalue weighted by molar-refractivity contribution is -0.137. The smallest absolute Gasteiger partial charge is 0.416 e. The minimum absolute atomic E-state index is 0.0148. The zero-order valence-corrected chi connectivity index (χ0v) is 17.5. The Morgan fingerprint density at radius 3 is 2.47 bits per heavy atom. The number of ether oxygens (including phenoxy) is 1. The van der Waals surface area contributed by atoms with Crippen LogP contribution in [0.3, 0.4) is 0 Å². The summed E-state index contributed by atoms with van der Waals surface area (Å²) in [7, 11) is 0. The number of fused-ring (bicyclic) bond motifs is 2. The summed E-state index contributed by atoms with van der Waals surface area (Å²) in [5.41, 5.74) is 6.97. The number of alkyl halides is 3. The predicted molar refractivity (Wildman–Crippen MR) is 116 cm³/mol. The summed E-state index contributed by atoms with van der Waals surface area (Å²) in [4.78, 5) is 22.0. The maximum absolute atomic E-state index is 13.3. The van der Waals surface area contributed by atoms with Crippen molar-refractivity contribution >= 4 is 34.0 Å². The molecule has 0 bridgehead atoms. The summed E-state index contributed by atoms with van der Waals surface area (Å²) in [5, 5.41) is 0. The highest BCUT2D eigenvalue weighted by Crippen LogP contribution is 2.35. The number of anilines is 1. The first kappa shape index (κ1) is 21.6. The van der Waals surface area contributed by atoms with Gasteiger partial charge in [-0.1, -0.05) is 38.5 Å². The molecule has 0 aliphatic carbocycles. The summed E-state index contributed by atoms with van der Waals surface area (Å²) in [6.45, 7) is 4.10. The van der Waals surface area contributed by atoms with Crippen LogP contribution in [0, 0.1) is 5.92 Å². The van der Waals surface area contributed by atoms with Gasteiger partial charge in [0.1, 0.15) is 16.9 Å². The molecule has 4 rings (SSSR count). The van der Waals surface area contributed by atoms with Crippen molar-refractivity contribution in [1.82, 2.24) is 14.5 Å². The average molecular weight is 442 g/mol. The van der Waals surface area contributed by atoms with Crippen molar-refractivity contribution in [3.63, 3.8) is 0 Å². The Bertz CT molecular complexity index is 1310. The Morgan fingerprint density at radius 1 is 1.12 bits per heavy atom. The minimum Gasteiger partial charge on any atom is -0.462 e. The molecule has 0 fully saturated rings. The molecule has 0 saturated carbocycles. The van der Waals surface area contributed by atoms with Crippen molar-refractivity contribution in [3.8, 4) is 5.69 Å². The topological polar surface area (TPSA) is 83.0 Å². The molecular weight excluding hydrogens is 421 g/mol. The standard InChI is InChI=1S/C23H21F3N4O2/c1-3-13(2)12-32-22(31)18-19-21(29-17-10-5-4-9-16(17)28-19)30(20(18)27)15-8-6-7-14(11-15)23(24,25)26/h4-11,13H,3,12,27H2,1-2H3/t13-/m1/s1. The second-order valence-corrected chi connectivity index (χ2v) is 7.64. The Morgan fingerprint density at radius 2 is 1.81 bits per heavy atom. The molecule has 0 spiro atoms. The molecule has 0 unspecified atom stereocenters. The molecule has 166 valence electrons. The molecule has 0 amide bonds. The largest absolute Gasteiger partial charge is 0.462 e. The van der Waals surface area contributed by atoms with Crippen LogP contribution in [-0.4, -0.2) is 27.1 Å². The van der Waals surface area contributed by atoms with Crippen molar-refractivity contribution < 1.29 is 22.7 Å². The second kappa shape index (κ2) is 8.14. The lowest BCUT2D eigenvalue weighted by Crippen LogP contribution is -2.13. The lowest BCUT2D eigenvalue weighted by Gasteiger charge is -2.12. The van der Waals surface area contributed by atoms with E-state index < -0.39 is 17.7 Å². The number of carbonyl (C=O) groups excluding carboxylic acids is 1.